The Morgan fingerprint density at radius 1 is 1.44 bits per heavy atom. The van der Waals surface area contributed by atoms with Crippen LogP contribution in [0.25, 0.3) is 0 Å². The van der Waals surface area contributed by atoms with Gasteiger partial charge in [-0.25, -0.2) is 0 Å². The number of carbonyl (C=O) groups excluding carboxylic acids is 2. The SMILES string of the molecule is CC1NC(=O)C(C(C)C)N(C2(C)CCOC2)C1=O. The van der Waals surface area contributed by atoms with Crippen molar-refractivity contribution in [3.05, 3.63) is 0 Å². The van der Waals surface area contributed by atoms with Gasteiger partial charge in [0.05, 0.1) is 12.1 Å². The first-order valence-corrected chi connectivity index (χ1v) is 6.58. The topological polar surface area (TPSA) is 58.6 Å². The summed E-state index contributed by atoms with van der Waals surface area (Å²) in [6.45, 7) is 8.87. The molecule has 0 aromatic carbocycles. The molecule has 18 heavy (non-hydrogen) atoms. The van der Waals surface area contributed by atoms with Crippen molar-refractivity contribution in [2.24, 2.45) is 5.92 Å². The minimum absolute atomic E-state index is 0.00120. The Bertz CT molecular complexity index is 361. The van der Waals surface area contributed by atoms with Crippen molar-refractivity contribution in [3.63, 3.8) is 0 Å². The van der Waals surface area contributed by atoms with E-state index in [0.29, 0.717) is 13.2 Å². The van der Waals surface area contributed by atoms with Gasteiger partial charge in [0.1, 0.15) is 12.1 Å². The molecule has 2 amide bonds. The predicted octanol–water partition coefficient (Wildman–Crippen LogP) is 0.537. The van der Waals surface area contributed by atoms with Crippen LogP contribution in [0.15, 0.2) is 0 Å². The minimum Gasteiger partial charge on any atom is -0.379 e. The van der Waals surface area contributed by atoms with E-state index < -0.39 is 6.04 Å². The second kappa shape index (κ2) is 4.53. The maximum absolute atomic E-state index is 12.4. The third-order valence-corrected chi connectivity index (χ3v) is 3.92. The first kappa shape index (κ1) is 13.3. The third kappa shape index (κ3) is 2.00. The first-order chi connectivity index (χ1) is 8.37. The van der Waals surface area contributed by atoms with Crippen molar-refractivity contribution in [3.8, 4) is 0 Å². The third-order valence-electron chi connectivity index (χ3n) is 3.92. The molecule has 0 aromatic heterocycles. The smallest absolute Gasteiger partial charge is 0.246 e. The summed E-state index contributed by atoms with van der Waals surface area (Å²) in [6, 6.07) is -0.828. The minimum atomic E-state index is -0.440. The van der Waals surface area contributed by atoms with Gasteiger partial charge >= 0.3 is 0 Å². The van der Waals surface area contributed by atoms with Crippen LogP contribution >= 0.6 is 0 Å². The molecule has 2 aliphatic heterocycles. The molecular formula is C13H22N2O3. The van der Waals surface area contributed by atoms with Crippen LogP contribution in [-0.2, 0) is 14.3 Å². The van der Waals surface area contributed by atoms with Crippen LogP contribution < -0.4 is 5.32 Å². The molecular weight excluding hydrogens is 232 g/mol. The molecule has 5 nitrogen and oxygen atoms in total. The summed E-state index contributed by atoms with van der Waals surface area (Å²) in [7, 11) is 0. The number of nitrogens with zero attached hydrogens (tertiary/aromatic N) is 1. The van der Waals surface area contributed by atoms with Gasteiger partial charge in [0.2, 0.25) is 11.8 Å². The van der Waals surface area contributed by atoms with Crippen molar-refractivity contribution in [1.29, 1.82) is 0 Å². The Kier molecular flexibility index (Phi) is 3.36. The average Bonchev–Trinajstić information content (AvgIpc) is 2.70. The lowest BCUT2D eigenvalue weighted by molar-refractivity contribution is -0.158. The number of piperazine rings is 1. The largest absolute Gasteiger partial charge is 0.379 e. The number of hydrogen-bond donors (Lipinski definition) is 1. The molecule has 3 atom stereocenters. The summed E-state index contributed by atoms with van der Waals surface area (Å²) in [5.41, 5.74) is -0.349. The summed E-state index contributed by atoms with van der Waals surface area (Å²) in [6.07, 6.45) is 0.794. The molecule has 2 heterocycles. The van der Waals surface area contributed by atoms with Crippen molar-refractivity contribution < 1.29 is 14.3 Å². The number of rotatable bonds is 2. The summed E-state index contributed by atoms with van der Waals surface area (Å²) in [5.74, 6) is 0.0467. The number of hydrogen-bond acceptors (Lipinski definition) is 3. The van der Waals surface area contributed by atoms with E-state index in [9.17, 15) is 9.59 Å². The summed E-state index contributed by atoms with van der Waals surface area (Å²) in [4.78, 5) is 26.4. The van der Waals surface area contributed by atoms with Gasteiger partial charge in [-0.15, -0.1) is 0 Å². The maximum atomic E-state index is 12.4. The molecule has 2 saturated heterocycles. The molecule has 102 valence electrons. The monoisotopic (exact) mass is 254 g/mol. The highest BCUT2D eigenvalue weighted by Crippen LogP contribution is 2.32. The van der Waals surface area contributed by atoms with Crippen LogP contribution in [0, 0.1) is 5.92 Å². The fourth-order valence-corrected chi connectivity index (χ4v) is 2.87. The molecule has 3 unspecified atom stereocenters. The molecule has 0 radical (unpaired) electrons. The van der Waals surface area contributed by atoms with Gasteiger partial charge in [-0.05, 0) is 26.2 Å². The zero-order chi connectivity index (χ0) is 13.5. The van der Waals surface area contributed by atoms with E-state index in [1.54, 1.807) is 11.8 Å². The molecule has 5 heteroatoms. The highest BCUT2D eigenvalue weighted by molar-refractivity contribution is 5.97. The lowest BCUT2D eigenvalue weighted by Crippen LogP contribution is -2.69. The Labute approximate surface area is 108 Å². The van der Waals surface area contributed by atoms with E-state index in [0.717, 1.165) is 6.42 Å². The number of carbonyl (C=O) groups is 2. The van der Waals surface area contributed by atoms with E-state index in [-0.39, 0.29) is 29.3 Å². The molecule has 0 aliphatic carbocycles. The zero-order valence-electron chi connectivity index (χ0n) is 11.5. The van der Waals surface area contributed by atoms with Crippen LogP contribution in [0.1, 0.15) is 34.1 Å². The quantitative estimate of drug-likeness (QED) is 0.782. The van der Waals surface area contributed by atoms with Crippen LogP contribution in [0.4, 0.5) is 0 Å². The highest BCUT2D eigenvalue weighted by Gasteiger charge is 2.50. The van der Waals surface area contributed by atoms with Crippen LogP contribution in [0.3, 0.4) is 0 Å². The summed E-state index contributed by atoms with van der Waals surface area (Å²) in [5, 5.41) is 2.76. The molecule has 0 bridgehead atoms. The zero-order valence-corrected chi connectivity index (χ0v) is 11.5. The second-order valence-corrected chi connectivity index (χ2v) is 5.93. The van der Waals surface area contributed by atoms with Gasteiger partial charge in [-0.2, -0.15) is 0 Å². The van der Waals surface area contributed by atoms with E-state index >= 15 is 0 Å². The van der Waals surface area contributed by atoms with Crippen molar-refractivity contribution in [2.75, 3.05) is 13.2 Å². The van der Waals surface area contributed by atoms with E-state index in [2.05, 4.69) is 5.32 Å². The summed E-state index contributed by atoms with van der Waals surface area (Å²) >= 11 is 0. The van der Waals surface area contributed by atoms with Gasteiger partial charge in [0.15, 0.2) is 0 Å². The Balaban J connectivity index is 2.36. The summed E-state index contributed by atoms with van der Waals surface area (Å²) < 4.78 is 5.43. The van der Waals surface area contributed by atoms with Crippen molar-refractivity contribution in [1.82, 2.24) is 10.2 Å². The Morgan fingerprint density at radius 3 is 2.61 bits per heavy atom. The number of nitrogens with one attached hydrogen (secondary N) is 1. The van der Waals surface area contributed by atoms with Crippen LogP contribution in [-0.4, -0.2) is 47.6 Å². The standard InChI is InChI=1S/C13H22N2O3/c1-8(2)10-11(16)14-9(3)12(17)15(10)13(4)5-6-18-7-13/h8-10H,5-7H2,1-4H3,(H,14,16). The molecule has 2 fully saturated rings. The van der Waals surface area contributed by atoms with Crippen molar-refractivity contribution >= 4 is 11.8 Å². The molecule has 0 spiro atoms. The molecule has 1 N–H and O–H groups in total. The van der Waals surface area contributed by atoms with Gasteiger partial charge in [-0.3, -0.25) is 9.59 Å². The molecule has 0 aromatic rings. The van der Waals surface area contributed by atoms with Gasteiger partial charge < -0.3 is 15.0 Å². The Hall–Kier alpha value is -1.10. The van der Waals surface area contributed by atoms with Crippen LogP contribution in [0.2, 0.25) is 0 Å². The number of amides is 2. The molecule has 0 saturated carbocycles. The lowest BCUT2D eigenvalue weighted by atomic mass is 9.89. The van der Waals surface area contributed by atoms with E-state index in [1.165, 1.54) is 0 Å². The molecule has 2 rings (SSSR count). The van der Waals surface area contributed by atoms with Gasteiger partial charge in [-0.1, -0.05) is 13.8 Å². The maximum Gasteiger partial charge on any atom is 0.246 e. The van der Waals surface area contributed by atoms with E-state index in [1.807, 2.05) is 20.8 Å². The van der Waals surface area contributed by atoms with E-state index in [4.69, 9.17) is 4.74 Å². The fraction of sp³-hybridized carbons (Fsp3) is 0.846. The highest BCUT2D eigenvalue weighted by atomic mass is 16.5. The average molecular weight is 254 g/mol. The van der Waals surface area contributed by atoms with Gasteiger partial charge in [0.25, 0.3) is 0 Å². The predicted molar refractivity (Wildman–Crippen MR) is 66.9 cm³/mol. The number of ether oxygens (including phenoxy) is 1. The first-order valence-electron chi connectivity index (χ1n) is 6.58. The van der Waals surface area contributed by atoms with Crippen LogP contribution in [0.5, 0.6) is 0 Å². The fourth-order valence-electron chi connectivity index (χ4n) is 2.87. The Morgan fingerprint density at radius 2 is 2.11 bits per heavy atom. The normalized spacial score (nSPS) is 37.3. The van der Waals surface area contributed by atoms with Gasteiger partial charge in [0, 0.05) is 6.61 Å². The van der Waals surface area contributed by atoms with Crippen molar-refractivity contribution in [2.45, 2.75) is 51.7 Å². The molecule has 2 aliphatic rings. The lowest BCUT2D eigenvalue weighted by Gasteiger charge is -2.48. The second-order valence-electron chi connectivity index (χ2n) is 5.93.